The fourth-order valence-electron chi connectivity index (χ4n) is 2.95. The molecule has 0 fully saturated rings. The number of rotatable bonds is 4. The van der Waals surface area contributed by atoms with Gasteiger partial charge in [0.1, 0.15) is 18.5 Å². The number of thiophene rings is 1. The number of amides is 1. The summed E-state index contributed by atoms with van der Waals surface area (Å²) in [7, 11) is 1.76. The SMILES string of the molecule is C[C@@H](c1ccc(-n2cncn2)cc1)N(C)C(=O)c1cc2c(F)cccc2s1. The van der Waals surface area contributed by atoms with E-state index in [0.717, 1.165) is 16.0 Å². The smallest absolute Gasteiger partial charge is 0.264 e. The molecule has 0 aliphatic carbocycles. The molecule has 1 atom stereocenters. The van der Waals surface area contributed by atoms with Crippen LogP contribution >= 0.6 is 11.3 Å². The van der Waals surface area contributed by atoms with Gasteiger partial charge in [-0.05, 0) is 42.8 Å². The van der Waals surface area contributed by atoms with Crippen LogP contribution in [0.1, 0.15) is 28.2 Å². The molecular weight excluding hydrogens is 363 g/mol. The second kappa shape index (κ2) is 6.92. The van der Waals surface area contributed by atoms with Gasteiger partial charge in [0.2, 0.25) is 0 Å². The zero-order chi connectivity index (χ0) is 19.0. The first-order valence-corrected chi connectivity index (χ1v) is 9.26. The van der Waals surface area contributed by atoms with Gasteiger partial charge < -0.3 is 4.90 Å². The van der Waals surface area contributed by atoms with Crippen LogP contribution in [0.15, 0.2) is 61.2 Å². The van der Waals surface area contributed by atoms with Crippen molar-refractivity contribution in [1.29, 1.82) is 0 Å². The molecule has 0 radical (unpaired) electrons. The van der Waals surface area contributed by atoms with Gasteiger partial charge >= 0.3 is 0 Å². The molecule has 0 aliphatic heterocycles. The van der Waals surface area contributed by atoms with E-state index in [1.165, 1.54) is 23.7 Å². The van der Waals surface area contributed by atoms with E-state index >= 15 is 0 Å². The third-order valence-electron chi connectivity index (χ3n) is 4.68. The minimum absolute atomic E-state index is 0.122. The number of hydrogen-bond donors (Lipinski definition) is 0. The van der Waals surface area contributed by atoms with Crippen LogP contribution in [0.2, 0.25) is 0 Å². The van der Waals surface area contributed by atoms with E-state index < -0.39 is 0 Å². The number of benzene rings is 2. The van der Waals surface area contributed by atoms with Gasteiger partial charge in [0.05, 0.1) is 16.6 Å². The summed E-state index contributed by atoms with van der Waals surface area (Å²) in [5.41, 5.74) is 1.90. The summed E-state index contributed by atoms with van der Waals surface area (Å²) in [6, 6.07) is 14.2. The summed E-state index contributed by atoms with van der Waals surface area (Å²) >= 11 is 1.31. The van der Waals surface area contributed by atoms with E-state index in [2.05, 4.69) is 10.1 Å². The number of fused-ring (bicyclic) bond motifs is 1. The predicted molar refractivity (Wildman–Crippen MR) is 104 cm³/mol. The lowest BCUT2D eigenvalue weighted by molar-refractivity contribution is 0.0747. The van der Waals surface area contributed by atoms with E-state index in [1.807, 2.05) is 37.3 Å². The van der Waals surface area contributed by atoms with Gasteiger partial charge in [0, 0.05) is 17.1 Å². The molecule has 0 spiro atoms. The summed E-state index contributed by atoms with van der Waals surface area (Å²) in [5, 5.41) is 4.59. The Morgan fingerprint density at radius 2 is 2.00 bits per heavy atom. The molecule has 2 heterocycles. The second-order valence-corrected chi connectivity index (χ2v) is 7.37. The zero-order valence-electron chi connectivity index (χ0n) is 14.8. The van der Waals surface area contributed by atoms with Crippen molar-refractivity contribution in [1.82, 2.24) is 19.7 Å². The average Bonchev–Trinajstić information content (AvgIpc) is 3.37. The van der Waals surface area contributed by atoms with Gasteiger partial charge in [-0.1, -0.05) is 18.2 Å². The summed E-state index contributed by atoms with van der Waals surface area (Å²) in [5.74, 6) is -0.425. The molecule has 5 nitrogen and oxygen atoms in total. The highest BCUT2D eigenvalue weighted by atomic mass is 32.1. The molecule has 0 unspecified atom stereocenters. The fourth-order valence-corrected chi connectivity index (χ4v) is 4.01. The second-order valence-electron chi connectivity index (χ2n) is 6.29. The summed E-state index contributed by atoms with van der Waals surface area (Å²) < 4.78 is 16.4. The van der Waals surface area contributed by atoms with Crippen molar-refractivity contribution in [3.63, 3.8) is 0 Å². The number of halogens is 1. The third kappa shape index (κ3) is 3.21. The van der Waals surface area contributed by atoms with Crippen molar-refractivity contribution >= 4 is 27.3 Å². The van der Waals surface area contributed by atoms with Gasteiger partial charge in [0.15, 0.2) is 0 Å². The molecule has 7 heteroatoms. The minimum Gasteiger partial charge on any atom is -0.334 e. The topological polar surface area (TPSA) is 51.0 Å². The van der Waals surface area contributed by atoms with Crippen LogP contribution in [-0.2, 0) is 0 Å². The monoisotopic (exact) mass is 380 g/mol. The van der Waals surface area contributed by atoms with Crippen LogP contribution in [0.4, 0.5) is 4.39 Å². The van der Waals surface area contributed by atoms with Gasteiger partial charge in [0.25, 0.3) is 5.91 Å². The van der Waals surface area contributed by atoms with Crippen LogP contribution in [0.25, 0.3) is 15.8 Å². The van der Waals surface area contributed by atoms with Crippen molar-refractivity contribution in [2.75, 3.05) is 7.05 Å². The van der Waals surface area contributed by atoms with E-state index in [9.17, 15) is 9.18 Å². The predicted octanol–water partition coefficient (Wildman–Crippen LogP) is 4.45. The number of hydrogen-bond acceptors (Lipinski definition) is 4. The van der Waals surface area contributed by atoms with Crippen LogP contribution in [-0.4, -0.2) is 32.6 Å². The number of aromatic nitrogens is 3. The van der Waals surface area contributed by atoms with Crippen LogP contribution in [0.5, 0.6) is 0 Å². The van der Waals surface area contributed by atoms with E-state index in [1.54, 1.807) is 35.1 Å². The first kappa shape index (κ1) is 17.4. The van der Waals surface area contributed by atoms with Crippen LogP contribution < -0.4 is 0 Å². The Labute approximate surface area is 159 Å². The first-order valence-electron chi connectivity index (χ1n) is 8.45. The largest absolute Gasteiger partial charge is 0.334 e. The zero-order valence-corrected chi connectivity index (χ0v) is 15.7. The Kier molecular flexibility index (Phi) is 4.45. The first-order chi connectivity index (χ1) is 13.0. The average molecular weight is 380 g/mol. The quantitative estimate of drug-likeness (QED) is 0.525. The van der Waals surface area contributed by atoms with Crippen molar-refractivity contribution in [2.24, 2.45) is 0 Å². The lowest BCUT2D eigenvalue weighted by atomic mass is 10.1. The molecule has 4 rings (SSSR count). The Morgan fingerprint density at radius 1 is 1.22 bits per heavy atom. The molecule has 0 saturated heterocycles. The normalized spacial score (nSPS) is 12.3. The molecule has 0 saturated carbocycles. The molecule has 27 heavy (non-hydrogen) atoms. The Morgan fingerprint density at radius 3 is 2.67 bits per heavy atom. The molecular formula is C20H17FN4OS. The number of carbonyl (C=O) groups is 1. The van der Waals surface area contributed by atoms with Crippen molar-refractivity contribution in [2.45, 2.75) is 13.0 Å². The van der Waals surface area contributed by atoms with Crippen LogP contribution in [0.3, 0.4) is 0 Å². The molecule has 0 N–H and O–H groups in total. The van der Waals surface area contributed by atoms with E-state index in [4.69, 9.17) is 0 Å². The van der Waals surface area contributed by atoms with Gasteiger partial charge in [-0.25, -0.2) is 14.1 Å². The van der Waals surface area contributed by atoms with E-state index in [0.29, 0.717) is 10.3 Å². The highest BCUT2D eigenvalue weighted by molar-refractivity contribution is 7.20. The lowest BCUT2D eigenvalue weighted by Crippen LogP contribution is -2.29. The maximum atomic E-state index is 13.9. The lowest BCUT2D eigenvalue weighted by Gasteiger charge is -2.25. The standard InChI is InChI=1S/C20H17FN4OS/c1-13(14-6-8-15(9-7-14)25-12-22-11-23-25)24(2)20(26)19-10-16-17(21)4-3-5-18(16)27-19/h3-13H,1-2H3/t13-/m0/s1. The Balaban J connectivity index is 1.56. The Hall–Kier alpha value is -3.06. The summed E-state index contributed by atoms with van der Waals surface area (Å²) in [6.07, 6.45) is 3.12. The molecule has 2 aromatic carbocycles. The molecule has 1 amide bonds. The highest BCUT2D eigenvalue weighted by Crippen LogP contribution is 2.30. The van der Waals surface area contributed by atoms with E-state index in [-0.39, 0.29) is 17.8 Å². The number of carbonyl (C=O) groups excluding carboxylic acids is 1. The molecule has 4 aromatic rings. The van der Waals surface area contributed by atoms with Crippen LogP contribution in [0, 0.1) is 5.82 Å². The van der Waals surface area contributed by atoms with Gasteiger partial charge in [-0.15, -0.1) is 11.3 Å². The summed E-state index contributed by atoms with van der Waals surface area (Å²) in [6.45, 7) is 1.97. The van der Waals surface area contributed by atoms with Crippen molar-refractivity contribution in [3.8, 4) is 5.69 Å². The fraction of sp³-hybridized carbons (Fsp3) is 0.150. The van der Waals surface area contributed by atoms with Gasteiger partial charge in [-0.2, -0.15) is 5.10 Å². The van der Waals surface area contributed by atoms with Gasteiger partial charge in [-0.3, -0.25) is 4.79 Å². The maximum absolute atomic E-state index is 13.9. The van der Waals surface area contributed by atoms with Crippen molar-refractivity contribution in [3.05, 3.63) is 77.4 Å². The molecule has 136 valence electrons. The maximum Gasteiger partial charge on any atom is 0.264 e. The molecule has 2 aromatic heterocycles. The minimum atomic E-state index is -0.304. The van der Waals surface area contributed by atoms with Crippen molar-refractivity contribution < 1.29 is 9.18 Å². The highest BCUT2D eigenvalue weighted by Gasteiger charge is 2.21. The molecule has 0 aliphatic rings. The Bertz CT molecular complexity index is 1090. The summed E-state index contributed by atoms with van der Waals surface area (Å²) in [4.78, 5) is 19.0. The molecule has 0 bridgehead atoms. The third-order valence-corrected chi connectivity index (χ3v) is 5.77. The number of nitrogens with zero attached hydrogens (tertiary/aromatic N) is 4.